The summed E-state index contributed by atoms with van der Waals surface area (Å²) in [6.07, 6.45) is 2.24. The molecule has 1 aromatic heterocycles. The maximum Gasteiger partial charge on any atom is 0.326 e. The average Bonchev–Trinajstić information content (AvgIpc) is 3.34. The van der Waals surface area contributed by atoms with Crippen LogP contribution in [0.5, 0.6) is 0 Å². The molecular weight excluding hydrogens is 484 g/mol. The van der Waals surface area contributed by atoms with Gasteiger partial charge in [-0.3, -0.25) is 19.2 Å². The fourth-order valence-corrected chi connectivity index (χ4v) is 3.49. The first-order valence-electron chi connectivity index (χ1n) is 11.6. The molecule has 2 aromatic rings. The minimum Gasteiger partial charge on any atom is -0.481 e. The number of rotatable bonds is 14. The number of aliphatic carboxylic acids is 2. The molecule has 1 heterocycles. The number of carbonyl (C=O) groups excluding carboxylic acids is 3. The normalized spacial score (nSPS) is 14.2. The Labute approximate surface area is 213 Å². The Bertz CT molecular complexity index is 1070. The Morgan fingerprint density at radius 2 is 1.57 bits per heavy atom. The van der Waals surface area contributed by atoms with Crippen molar-refractivity contribution in [2.45, 2.75) is 57.3 Å². The van der Waals surface area contributed by atoms with Crippen molar-refractivity contribution >= 4 is 29.7 Å². The number of aromatic amines is 1. The van der Waals surface area contributed by atoms with E-state index in [9.17, 15) is 34.2 Å². The van der Waals surface area contributed by atoms with Crippen LogP contribution in [-0.2, 0) is 36.8 Å². The molecule has 1 aromatic carbocycles. The van der Waals surface area contributed by atoms with Gasteiger partial charge >= 0.3 is 11.9 Å². The van der Waals surface area contributed by atoms with Gasteiger partial charge in [-0.1, -0.05) is 44.2 Å². The highest BCUT2D eigenvalue weighted by Gasteiger charge is 2.33. The van der Waals surface area contributed by atoms with E-state index >= 15 is 0 Å². The summed E-state index contributed by atoms with van der Waals surface area (Å²) < 4.78 is 0. The van der Waals surface area contributed by atoms with Crippen LogP contribution in [0.2, 0.25) is 0 Å². The van der Waals surface area contributed by atoms with Gasteiger partial charge in [-0.05, 0) is 11.5 Å². The van der Waals surface area contributed by atoms with E-state index in [1.807, 2.05) is 0 Å². The molecule has 2 rings (SSSR count). The number of nitrogens with two attached hydrogens (primary N) is 1. The molecule has 0 fully saturated rings. The lowest BCUT2D eigenvalue weighted by atomic mass is 10.0. The number of carboxylic acid groups (broad SMARTS) is 2. The number of hydrogen-bond donors (Lipinski definition) is 7. The Balaban J connectivity index is 2.09. The van der Waals surface area contributed by atoms with Crippen LogP contribution in [0.25, 0.3) is 0 Å². The second-order valence-electron chi connectivity index (χ2n) is 8.87. The number of imidazole rings is 1. The van der Waals surface area contributed by atoms with Crippen molar-refractivity contribution < 1.29 is 34.2 Å². The van der Waals surface area contributed by atoms with Gasteiger partial charge in [-0.25, -0.2) is 9.78 Å². The molecule has 8 N–H and O–H groups in total. The van der Waals surface area contributed by atoms with Crippen molar-refractivity contribution in [2.75, 3.05) is 0 Å². The highest BCUT2D eigenvalue weighted by Crippen LogP contribution is 2.07. The standard InChI is InChI=1S/C24H32N6O7/c1-13(2)20(30-21(33)16(25)9-15-11-26-12-27-15)23(35)28-17(10-19(31)32)22(34)29-18(24(36)37)8-14-6-4-3-5-7-14/h3-7,11-13,16-18,20H,8-10,25H2,1-2H3,(H,26,27)(H,28,35)(H,29,34)(H,30,33)(H,31,32)(H,36,37). The number of amides is 3. The minimum atomic E-state index is -1.58. The molecule has 200 valence electrons. The number of aromatic nitrogens is 2. The molecule has 0 radical (unpaired) electrons. The van der Waals surface area contributed by atoms with Crippen LogP contribution < -0.4 is 21.7 Å². The third-order valence-electron chi connectivity index (χ3n) is 5.49. The van der Waals surface area contributed by atoms with Gasteiger partial charge in [0.1, 0.15) is 18.1 Å². The smallest absolute Gasteiger partial charge is 0.326 e. The summed E-state index contributed by atoms with van der Waals surface area (Å²) in [4.78, 5) is 68.2. The zero-order valence-corrected chi connectivity index (χ0v) is 20.5. The number of carbonyl (C=O) groups is 5. The second-order valence-corrected chi connectivity index (χ2v) is 8.87. The molecule has 13 nitrogen and oxygen atoms in total. The van der Waals surface area contributed by atoms with Gasteiger partial charge in [0.2, 0.25) is 17.7 Å². The average molecular weight is 517 g/mol. The van der Waals surface area contributed by atoms with E-state index in [2.05, 4.69) is 25.9 Å². The summed E-state index contributed by atoms with van der Waals surface area (Å²) in [7, 11) is 0. The van der Waals surface area contributed by atoms with E-state index in [-0.39, 0.29) is 12.8 Å². The monoisotopic (exact) mass is 516 g/mol. The van der Waals surface area contributed by atoms with Crippen LogP contribution in [0, 0.1) is 5.92 Å². The van der Waals surface area contributed by atoms with Crippen molar-refractivity contribution in [3.05, 3.63) is 54.1 Å². The number of H-pyrrole nitrogens is 1. The minimum absolute atomic E-state index is 0.0471. The predicted octanol–water partition coefficient (Wildman–Crippen LogP) is -0.808. The summed E-state index contributed by atoms with van der Waals surface area (Å²) in [6.45, 7) is 3.30. The summed E-state index contributed by atoms with van der Waals surface area (Å²) in [5, 5.41) is 26.0. The fraction of sp³-hybridized carbons (Fsp3) is 0.417. The molecule has 0 bridgehead atoms. The molecule has 0 aliphatic rings. The quantitative estimate of drug-likeness (QED) is 0.167. The van der Waals surface area contributed by atoms with Crippen molar-refractivity contribution in [2.24, 2.45) is 11.7 Å². The zero-order valence-electron chi connectivity index (χ0n) is 20.5. The van der Waals surface area contributed by atoms with Crippen molar-refractivity contribution in [3.8, 4) is 0 Å². The molecule has 0 aliphatic carbocycles. The van der Waals surface area contributed by atoms with Gasteiger partial charge in [0.05, 0.1) is 18.8 Å². The van der Waals surface area contributed by atoms with Crippen LogP contribution in [-0.4, -0.2) is 74.0 Å². The zero-order chi connectivity index (χ0) is 27.5. The maximum atomic E-state index is 13.0. The predicted molar refractivity (Wildman–Crippen MR) is 131 cm³/mol. The summed E-state index contributed by atoms with van der Waals surface area (Å²) in [5.41, 5.74) is 7.19. The largest absolute Gasteiger partial charge is 0.481 e. The van der Waals surface area contributed by atoms with Crippen LogP contribution in [0.4, 0.5) is 0 Å². The fourth-order valence-electron chi connectivity index (χ4n) is 3.49. The molecule has 0 saturated carbocycles. The second kappa shape index (κ2) is 13.7. The Morgan fingerprint density at radius 3 is 2.11 bits per heavy atom. The van der Waals surface area contributed by atoms with E-state index in [0.717, 1.165) is 0 Å². The van der Waals surface area contributed by atoms with Gasteiger partial charge in [-0.2, -0.15) is 0 Å². The van der Waals surface area contributed by atoms with Gasteiger partial charge in [0.15, 0.2) is 0 Å². The molecule has 4 unspecified atom stereocenters. The molecule has 0 spiro atoms. The van der Waals surface area contributed by atoms with Crippen LogP contribution in [0.15, 0.2) is 42.9 Å². The SMILES string of the molecule is CC(C)C(NC(=O)C(N)Cc1cnc[nH]1)C(=O)NC(CC(=O)O)C(=O)NC(Cc1ccccc1)C(=O)O. The number of nitrogens with zero attached hydrogens (tertiary/aromatic N) is 1. The first-order chi connectivity index (χ1) is 17.5. The molecule has 3 amide bonds. The number of benzene rings is 1. The van der Waals surface area contributed by atoms with Gasteiger partial charge in [0.25, 0.3) is 0 Å². The van der Waals surface area contributed by atoms with Crippen molar-refractivity contribution in [3.63, 3.8) is 0 Å². The highest BCUT2D eigenvalue weighted by atomic mass is 16.4. The third-order valence-corrected chi connectivity index (χ3v) is 5.49. The lowest BCUT2D eigenvalue weighted by Crippen LogP contribution is -2.59. The van der Waals surface area contributed by atoms with Crippen molar-refractivity contribution in [1.82, 2.24) is 25.9 Å². The Hall–Kier alpha value is -4.26. The first-order valence-corrected chi connectivity index (χ1v) is 11.6. The molecule has 0 aliphatic heterocycles. The third kappa shape index (κ3) is 9.37. The Morgan fingerprint density at radius 1 is 0.919 bits per heavy atom. The molecule has 4 atom stereocenters. The van der Waals surface area contributed by atoms with Crippen LogP contribution >= 0.6 is 0 Å². The van der Waals surface area contributed by atoms with Crippen LogP contribution in [0.1, 0.15) is 31.5 Å². The lowest BCUT2D eigenvalue weighted by molar-refractivity contribution is -0.143. The number of hydrogen-bond acceptors (Lipinski definition) is 7. The van der Waals surface area contributed by atoms with E-state index < -0.39 is 66.2 Å². The summed E-state index contributed by atoms with van der Waals surface area (Å²) in [5.74, 6) is -5.58. The number of nitrogens with one attached hydrogen (secondary N) is 4. The van der Waals surface area contributed by atoms with Crippen LogP contribution in [0.3, 0.4) is 0 Å². The van der Waals surface area contributed by atoms with Crippen molar-refractivity contribution in [1.29, 1.82) is 0 Å². The van der Waals surface area contributed by atoms with E-state index in [1.54, 1.807) is 44.2 Å². The molecule has 13 heteroatoms. The molecule has 0 saturated heterocycles. The Kier molecular flexibility index (Phi) is 10.8. The lowest BCUT2D eigenvalue weighted by Gasteiger charge is -2.26. The van der Waals surface area contributed by atoms with E-state index in [0.29, 0.717) is 11.3 Å². The van der Waals surface area contributed by atoms with Gasteiger partial charge < -0.3 is 36.9 Å². The number of carboxylic acids is 2. The topological polar surface area (TPSA) is 217 Å². The molecular formula is C24H32N6O7. The van der Waals surface area contributed by atoms with Gasteiger partial charge in [0, 0.05) is 24.7 Å². The summed E-state index contributed by atoms with van der Waals surface area (Å²) in [6, 6.07) is 3.48. The van der Waals surface area contributed by atoms with Gasteiger partial charge in [-0.15, -0.1) is 0 Å². The highest BCUT2D eigenvalue weighted by molar-refractivity contribution is 5.95. The maximum absolute atomic E-state index is 13.0. The van der Waals surface area contributed by atoms with E-state index in [1.165, 1.54) is 12.5 Å². The van der Waals surface area contributed by atoms with E-state index in [4.69, 9.17) is 5.73 Å². The first kappa shape index (κ1) is 29.0. The summed E-state index contributed by atoms with van der Waals surface area (Å²) >= 11 is 0. The molecule has 37 heavy (non-hydrogen) atoms.